The van der Waals surface area contributed by atoms with Gasteiger partial charge in [0.1, 0.15) is 6.04 Å². The largest absolute Gasteiger partial charge is 0.371 e. The molecule has 0 spiro atoms. The molecule has 1 N–H and O–H groups in total. The van der Waals surface area contributed by atoms with Gasteiger partial charge in [0.2, 0.25) is 11.8 Å². The third-order valence-electron chi connectivity index (χ3n) is 5.47. The lowest BCUT2D eigenvalue weighted by molar-refractivity contribution is -0.136. The maximum Gasteiger partial charge on any atom is 0.264 e. The quantitative estimate of drug-likeness (QED) is 0.364. The van der Waals surface area contributed by atoms with Gasteiger partial charge < -0.3 is 4.90 Å². The van der Waals surface area contributed by atoms with Crippen molar-refractivity contribution in [3.05, 3.63) is 39.8 Å². The number of carbonyl (C=O) groups excluding carboxylic acids is 4. The van der Waals surface area contributed by atoms with Crippen LogP contribution >= 0.6 is 0 Å². The van der Waals surface area contributed by atoms with E-state index in [0.717, 1.165) is 4.90 Å². The van der Waals surface area contributed by atoms with Crippen molar-refractivity contribution in [3.8, 4) is 0 Å². The standard InChI is InChI=1S/C18H18N6O4/c19-22-21-10-6-8-23(9-7-10)12-3-1-2-11-15(12)18(28)24(17(11)27)13-4-5-14(25)20-16(13)26/h1-3,10,13H,4-9H2,(H,20,25,26). The third kappa shape index (κ3) is 2.87. The van der Waals surface area contributed by atoms with Crippen LogP contribution in [0.5, 0.6) is 0 Å². The van der Waals surface area contributed by atoms with E-state index < -0.39 is 29.7 Å². The van der Waals surface area contributed by atoms with Crippen molar-refractivity contribution in [1.29, 1.82) is 0 Å². The maximum absolute atomic E-state index is 13.1. The van der Waals surface area contributed by atoms with E-state index >= 15 is 0 Å². The van der Waals surface area contributed by atoms with Crippen LogP contribution in [0.4, 0.5) is 5.69 Å². The Morgan fingerprint density at radius 2 is 1.82 bits per heavy atom. The summed E-state index contributed by atoms with van der Waals surface area (Å²) in [5, 5.41) is 5.95. The molecule has 144 valence electrons. The molecule has 10 nitrogen and oxygen atoms in total. The molecule has 0 saturated carbocycles. The van der Waals surface area contributed by atoms with Crippen LogP contribution in [0.25, 0.3) is 10.4 Å². The molecular formula is C18H18N6O4. The van der Waals surface area contributed by atoms with Crippen LogP contribution in [0.15, 0.2) is 23.3 Å². The highest BCUT2D eigenvalue weighted by Crippen LogP contribution is 2.35. The average molecular weight is 382 g/mol. The van der Waals surface area contributed by atoms with E-state index in [1.54, 1.807) is 18.2 Å². The summed E-state index contributed by atoms with van der Waals surface area (Å²) in [6.07, 6.45) is 1.53. The van der Waals surface area contributed by atoms with Crippen molar-refractivity contribution in [2.75, 3.05) is 18.0 Å². The van der Waals surface area contributed by atoms with Gasteiger partial charge >= 0.3 is 0 Å². The van der Waals surface area contributed by atoms with Crippen LogP contribution in [0.1, 0.15) is 46.4 Å². The van der Waals surface area contributed by atoms with Crippen molar-refractivity contribution in [3.63, 3.8) is 0 Å². The number of imide groups is 2. The zero-order valence-corrected chi connectivity index (χ0v) is 15.0. The molecular weight excluding hydrogens is 364 g/mol. The minimum absolute atomic E-state index is 0.0738. The molecule has 4 amide bonds. The zero-order chi connectivity index (χ0) is 19.8. The molecule has 2 fully saturated rings. The van der Waals surface area contributed by atoms with Gasteiger partial charge in [-0.1, -0.05) is 11.2 Å². The van der Waals surface area contributed by atoms with Crippen LogP contribution in [0.2, 0.25) is 0 Å². The summed E-state index contributed by atoms with van der Waals surface area (Å²) in [7, 11) is 0. The van der Waals surface area contributed by atoms with Gasteiger partial charge in [-0.3, -0.25) is 29.4 Å². The minimum atomic E-state index is -0.978. The summed E-state index contributed by atoms with van der Waals surface area (Å²) >= 11 is 0. The molecule has 2 saturated heterocycles. The first-order valence-electron chi connectivity index (χ1n) is 9.15. The van der Waals surface area contributed by atoms with E-state index in [4.69, 9.17) is 5.53 Å². The Morgan fingerprint density at radius 3 is 2.50 bits per heavy atom. The lowest BCUT2D eigenvalue weighted by Crippen LogP contribution is -2.54. The predicted molar refractivity (Wildman–Crippen MR) is 97.5 cm³/mol. The molecule has 1 aromatic carbocycles. The number of nitrogens with one attached hydrogen (secondary N) is 1. The van der Waals surface area contributed by atoms with Crippen LogP contribution in [-0.2, 0) is 9.59 Å². The fourth-order valence-corrected chi connectivity index (χ4v) is 4.06. The number of benzene rings is 1. The molecule has 1 unspecified atom stereocenters. The number of fused-ring (bicyclic) bond motifs is 1. The van der Waals surface area contributed by atoms with E-state index in [1.165, 1.54) is 0 Å². The van der Waals surface area contributed by atoms with Crippen molar-refractivity contribution < 1.29 is 19.2 Å². The first kappa shape index (κ1) is 18.0. The summed E-state index contributed by atoms with van der Waals surface area (Å²) in [5.41, 5.74) is 9.79. The molecule has 4 rings (SSSR count). The molecule has 1 atom stereocenters. The van der Waals surface area contributed by atoms with Crippen LogP contribution in [-0.4, -0.2) is 53.7 Å². The van der Waals surface area contributed by atoms with E-state index in [9.17, 15) is 19.2 Å². The van der Waals surface area contributed by atoms with E-state index in [0.29, 0.717) is 37.2 Å². The minimum Gasteiger partial charge on any atom is -0.371 e. The van der Waals surface area contributed by atoms with E-state index in [-0.39, 0.29) is 24.4 Å². The summed E-state index contributed by atoms with van der Waals surface area (Å²) in [5.74, 6) is -2.05. The molecule has 3 heterocycles. The second-order valence-corrected chi connectivity index (χ2v) is 7.07. The molecule has 0 radical (unpaired) electrons. The number of hydrogen-bond donors (Lipinski definition) is 1. The van der Waals surface area contributed by atoms with Gasteiger partial charge in [-0.15, -0.1) is 0 Å². The number of azide groups is 1. The molecule has 0 aliphatic carbocycles. The SMILES string of the molecule is [N-]=[N+]=NC1CCN(c2cccc3c2C(=O)N(C2CCC(=O)NC2=O)C3=O)CC1. The fourth-order valence-electron chi connectivity index (χ4n) is 4.06. The number of piperidine rings is 2. The van der Waals surface area contributed by atoms with E-state index in [1.807, 2.05) is 4.90 Å². The molecule has 10 heteroatoms. The zero-order valence-electron chi connectivity index (χ0n) is 15.0. The normalized spacial score (nSPS) is 22.8. The Bertz CT molecular complexity index is 930. The summed E-state index contributed by atoms with van der Waals surface area (Å²) in [6.45, 7) is 1.19. The van der Waals surface area contributed by atoms with Crippen LogP contribution in [0, 0.1) is 0 Å². The van der Waals surface area contributed by atoms with Gasteiger partial charge in [-0.05, 0) is 36.9 Å². The van der Waals surface area contributed by atoms with Gasteiger partial charge in [-0.25, -0.2) is 0 Å². The Kier molecular flexibility index (Phi) is 4.48. The number of nitrogens with zero attached hydrogens (tertiary/aromatic N) is 5. The Balaban J connectivity index is 1.62. The highest BCUT2D eigenvalue weighted by molar-refractivity contribution is 6.25. The van der Waals surface area contributed by atoms with Gasteiger partial charge in [0.25, 0.3) is 11.8 Å². The lowest BCUT2D eigenvalue weighted by atomic mass is 10.0. The first-order valence-corrected chi connectivity index (χ1v) is 9.15. The molecule has 0 bridgehead atoms. The number of rotatable bonds is 3. The molecule has 0 aromatic heterocycles. The van der Waals surface area contributed by atoms with E-state index in [2.05, 4.69) is 15.3 Å². The molecule has 28 heavy (non-hydrogen) atoms. The Hall–Kier alpha value is -3.39. The second kappa shape index (κ2) is 6.97. The fraction of sp³-hybridized carbons (Fsp3) is 0.444. The van der Waals surface area contributed by atoms with Gasteiger partial charge in [0.15, 0.2) is 0 Å². The Morgan fingerprint density at radius 1 is 1.07 bits per heavy atom. The topological polar surface area (TPSA) is 136 Å². The van der Waals surface area contributed by atoms with Crippen molar-refractivity contribution >= 4 is 29.3 Å². The lowest BCUT2D eigenvalue weighted by Gasteiger charge is -2.33. The van der Waals surface area contributed by atoms with Crippen molar-refractivity contribution in [2.45, 2.75) is 37.8 Å². The monoisotopic (exact) mass is 382 g/mol. The van der Waals surface area contributed by atoms with Crippen molar-refractivity contribution in [2.24, 2.45) is 5.11 Å². The number of carbonyl (C=O) groups is 4. The van der Waals surface area contributed by atoms with Crippen molar-refractivity contribution in [1.82, 2.24) is 10.2 Å². The summed E-state index contributed by atoms with van der Waals surface area (Å²) in [4.78, 5) is 55.4. The van der Waals surface area contributed by atoms with Crippen LogP contribution in [0.3, 0.4) is 0 Å². The maximum atomic E-state index is 13.1. The highest BCUT2D eigenvalue weighted by Gasteiger charge is 2.46. The number of amides is 4. The summed E-state index contributed by atoms with van der Waals surface area (Å²) < 4.78 is 0. The summed E-state index contributed by atoms with van der Waals surface area (Å²) in [6, 6.07) is 4.03. The molecule has 1 aromatic rings. The smallest absolute Gasteiger partial charge is 0.264 e. The van der Waals surface area contributed by atoms with Gasteiger partial charge in [-0.2, -0.15) is 0 Å². The first-order chi connectivity index (χ1) is 13.5. The molecule has 3 aliphatic heterocycles. The average Bonchev–Trinajstić information content (AvgIpc) is 2.94. The Labute approximate surface area is 160 Å². The number of anilines is 1. The number of hydrogen-bond acceptors (Lipinski definition) is 6. The predicted octanol–water partition coefficient (Wildman–Crippen LogP) is 1.37. The second-order valence-electron chi connectivity index (χ2n) is 7.07. The van der Waals surface area contributed by atoms with Crippen LogP contribution < -0.4 is 10.2 Å². The van der Waals surface area contributed by atoms with Gasteiger partial charge in [0, 0.05) is 30.5 Å². The van der Waals surface area contributed by atoms with Gasteiger partial charge in [0.05, 0.1) is 16.8 Å². The highest BCUT2D eigenvalue weighted by atomic mass is 16.2. The third-order valence-corrected chi connectivity index (χ3v) is 5.47. The molecule has 3 aliphatic rings.